The maximum Gasteiger partial charge on any atom is 0.310 e. The van der Waals surface area contributed by atoms with Gasteiger partial charge in [0.1, 0.15) is 0 Å². The Bertz CT molecular complexity index is 519. The highest BCUT2D eigenvalue weighted by Gasteiger charge is 2.17. The predicted molar refractivity (Wildman–Crippen MR) is 168 cm³/mol. The zero-order valence-electron chi connectivity index (χ0n) is 26.1. The lowest BCUT2D eigenvalue weighted by Crippen LogP contribution is -2.15. The number of carbonyl (C=O) groups is 2. The fourth-order valence-corrected chi connectivity index (χ4v) is 4.77. The lowest BCUT2D eigenvalue weighted by molar-refractivity contribution is -0.146. The second kappa shape index (κ2) is 34.7. The third-order valence-corrected chi connectivity index (χ3v) is 7.36. The summed E-state index contributed by atoms with van der Waals surface area (Å²) in [5.41, 5.74) is 5.48. The number of carboxylic acids is 2. The normalized spacial score (nSPS) is 11.9. The van der Waals surface area contributed by atoms with Gasteiger partial charge in [0.15, 0.2) is 0 Å². The highest BCUT2D eigenvalue weighted by molar-refractivity contribution is 5.79. The van der Waals surface area contributed by atoms with E-state index in [1.54, 1.807) is 6.08 Å². The first-order valence-corrected chi connectivity index (χ1v) is 16.8. The second-order valence-electron chi connectivity index (χ2n) is 11.3. The first-order valence-electron chi connectivity index (χ1n) is 16.8. The molecule has 39 heavy (non-hydrogen) atoms. The minimum Gasteiger partial charge on any atom is -0.481 e. The molecular formula is C34H67NO4. The van der Waals surface area contributed by atoms with E-state index in [2.05, 4.69) is 13.8 Å². The average molecular weight is 554 g/mol. The van der Waals surface area contributed by atoms with E-state index in [0.717, 1.165) is 25.8 Å². The maximum absolute atomic E-state index is 10.8. The molecule has 5 nitrogen and oxygen atoms in total. The van der Waals surface area contributed by atoms with Crippen LogP contribution in [-0.2, 0) is 9.59 Å². The molecule has 0 amide bonds. The zero-order chi connectivity index (χ0) is 29.2. The third-order valence-electron chi connectivity index (χ3n) is 7.36. The van der Waals surface area contributed by atoms with Crippen LogP contribution in [0.15, 0.2) is 12.2 Å². The minimum absolute atomic E-state index is 0.344. The first-order chi connectivity index (χ1) is 19.0. The Labute approximate surface area is 242 Å². The zero-order valence-corrected chi connectivity index (χ0v) is 26.1. The summed E-state index contributed by atoms with van der Waals surface area (Å²) in [5, 5.41) is 17.4. The summed E-state index contributed by atoms with van der Waals surface area (Å²) < 4.78 is 0. The molecule has 0 aliphatic rings. The molecule has 0 aliphatic heterocycles. The van der Waals surface area contributed by atoms with Gasteiger partial charge in [-0.3, -0.25) is 9.59 Å². The van der Waals surface area contributed by atoms with E-state index in [4.69, 9.17) is 15.9 Å². The SMILES string of the molecule is CCCCCCCCCCC=CC(CC(=O)O)C(=O)O.CCCCCCCCCCCCCCCCCCN. The molecule has 0 spiro atoms. The lowest BCUT2D eigenvalue weighted by Gasteiger charge is -2.03. The number of carboxylic acid groups (broad SMARTS) is 2. The number of hydrogen-bond acceptors (Lipinski definition) is 3. The Morgan fingerprint density at radius 1 is 0.564 bits per heavy atom. The van der Waals surface area contributed by atoms with Crippen molar-refractivity contribution in [1.29, 1.82) is 0 Å². The van der Waals surface area contributed by atoms with Gasteiger partial charge in [0.05, 0.1) is 12.3 Å². The lowest BCUT2D eigenvalue weighted by atomic mass is 10.0. The van der Waals surface area contributed by atoms with Crippen molar-refractivity contribution < 1.29 is 19.8 Å². The largest absolute Gasteiger partial charge is 0.481 e. The van der Waals surface area contributed by atoms with Crippen molar-refractivity contribution >= 4 is 11.9 Å². The number of nitrogens with two attached hydrogens (primary N) is 1. The van der Waals surface area contributed by atoms with Gasteiger partial charge in [-0.2, -0.15) is 0 Å². The van der Waals surface area contributed by atoms with Crippen LogP contribution < -0.4 is 5.73 Å². The van der Waals surface area contributed by atoms with Crippen LogP contribution in [0.25, 0.3) is 0 Å². The fraction of sp³-hybridized carbons (Fsp3) is 0.882. The van der Waals surface area contributed by atoms with Crippen molar-refractivity contribution in [2.75, 3.05) is 6.54 Å². The van der Waals surface area contributed by atoms with Gasteiger partial charge in [-0.15, -0.1) is 0 Å². The number of unbranched alkanes of at least 4 members (excludes halogenated alkanes) is 23. The van der Waals surface area contributed by atoms with Crippen molar-refractivity contribution in [2.45, 2.75) is 181 Å². The highest BCUT2D eigenvalue weighted by Crippen LogP contribution is 2.14. The smallest absolute Gasteiger partial charge is 0.310 e. The molecule has 0 fully saturated rings. The predicted octanol–water partition coefficient (Wildman–Crippen LogP) is 10.5. The van der Waals surface area contributed by atoms with Gasteiger partial charge in [-0.1, -0.05) is 167 Å². The molecule has 1 atom stereocenters. The van der Waals surface area contributed by atoms with Crippen LogP contribution >= 0.6 is 0 Å². The van der Waals surface area contributed by atoms with E-state index in [1.807, 2.05) is 0 Å². The van der Waals surface area contributed by atoms with E-state index in [0.29, 0.717) is 0 Å². The molecule has 0 aromatic carbocycles. The minimum atomic E-state index is -1.07. The van der Waals surface area contributed by atoms with Gasteiger partial charge in [0, 0.05) is 0 Å². The molecule has 0 radical (unpaired) electrons. The van der Waals surface area contributed by atoms with Crippen molar-refractivity contribution in [3.63, 3.8) is 0 Å². The summed E-state index contributed by atoms with van der Waals surface area (Å²) in [7, 11) is 0. The van der Waals surface area contributed by atoms with Crippen LogP contribution in [0.4, 0.5) is 0 Å². The second-order valence-corrected chi connectivity index (χ2v) is 11.3. The van der Waals surface area contributed by atoms with E-state index >= 15 is 0 Å². The van der Waals surface area contributed by atoms with E-state index in [-0.39, 0.29) is 6.42 Å². The standard InChI is InChI=1S/C18H39N.C16H28O4/c1-2-3-4-5-6-7-8-9-10-11-12-13-14-15-16-17-18-19;1-2-3-4-5-6-7-8-9-10-11-12-14(16(19)20)13-15(17)18/h2-19H2,1H3;11-12,14H,2-10,13H2,1H3,(H,17,18)(H,19,20). The highest BCUT2D eigenvalue weighted by atomic mass is 16.4. The summed E-state index contributed by atoms with van der Waals surface area (Å²) in [4.78, 5) is 21.3. The van der Waals surface area contributed by atoms with Crippen molar-refractivity contribution in [3.05, 3.63) is 12.2 Å². The molecule has 0 aromatic rings. The number of allylic oxidation sites excluding steroid dienone is 1. The molecule has 1 unspecified atom stereocenters. The number of aliphatic carboxylic acids is 2. The van der Waals surface area contributed by atoms with Crippen LogP contribution in [0.5, 0.6) is 0 Å². The van der Waals surface area contributed by atoms with Crippen LogP contribution in [-0.4, -0.2) is 28.7 Å². The molecule has 0 rings (SSSR count). The monoisotopic (exact) mass is 554 g/mol. The van der Waals surface area contributed by atoms with E-state index in [9.17, 15) is 9.59 Å². The Morgan fingerprint density at radius 3 is 1.21 bits per heavy atom. The van der Waals surface area contributed by atoms with E-state index in [1.165, 1.54) is 147 Å². The van der Waals surface area contributed by atoms with Gasteiger partial charge in [-0.05, 0) is 25.8 Å². The summed E-state index contributed by atoms with van der Waals surface area (Å²) in [6.45, 7) is 5.37. The van der Waals surface area contributed by atoms with Gasteiger partial charge >= 0.3 is 11.9 Å². The molecular weight excluding hydrogens is 486 g/mol. The van der Waals surface area contributed by atoms with Crippen molar-refractivity contribution in [1.82, 2.24) is 0 Å². The molecule has 4 N–H and O–H groups in total. The maximum atomic E-state index is 10.8. The van der Waals surface area contributed by atoms with Gasteiger partial charge in [-0.25, -0.2) is 0 Å². The number of hydrogen-bond donors (Lipinski definition) is 3. The quantitative estimate of drug-likeness (QED) is 0.0631. The van der Waals surface area contributed by atoms with Crippen molar-refractivity contribution in [3.8, 4) is 0 Å². The molecule has 0 bridgehead atoms. The Balaban J connectivity index is 0. The molecule has 0 saturated heterocycles. The average Bonchev–Trinajstić information content (AvgIpc) is 2.91. The Morgan fingerprint density at radius 2 is 0.897 bits per heavy atom. The Kier molecular flexibility index (Phi) is 35.4. The summed E-state index contributed by atoms with van der Waals surface area (Å²) in [5.74, 6) is -3.05. The third kappa shape index (κ3) is 36.6. The molecule has 232 valence electrons. The molecule has 5 heteroatoms. The van der Waals surface area contributed by atoms with E-state index < -0.39 is 17.9 Å². The van der Waals surface area contributed by atoms with Gasteiger partial charge < -0.3 is 15.9 Å². The summed E-state index contributed by atoms with van der Waals surface area (Å²) in [6, 6.07) is 0. The van der Waals surface area contributed by atoms with Crippen LogP contribution in [0.2, 0.25) is 0 Å². The summed E-state index contributed by atoms with van der Waals surface area (Å²) >= 11 is 0. The van der Waals surface area contributed by atoms with Crippen LogP contribution in [0.3, 0.4) is 0 Å². The van der Waals surface area contributed by atoms with Crippen molar-refractivity contribution in [2.24, 2.45) is 11.7 Å². The van der Waals surface area contributed by atoms with Crippen LogP contribution in [0, 0.1) is 5.92 Å². The topological polar surface area (TPSA) is 101 Å². The Hall–Kier alpha value is -1.36. The summed E-state index contributed by atoms with van der Waals surface area (Å²) in [6.07, 6.45) is 36.6. The molecule has 0 heterocycles. The van der Waals surface area contributed by atoms with Crippen LogP contribution in [0.1, 0.15) is 181 Å². The molecule has 0 aromatic heterocycles. The molecule has 0 aliphatic carbocycles. The fourth-order valence-electron chi connectivity index (χ4n) is 4.77. The van der Waals surface area contributed by atoms with Gasteiger partial charge in [0.25, 0.3) is 0 Å². The first kappa shape index (κ1) is 39.8. The van der Waals surface area contributed by atoms with Gasteiger partial charge in [0.2, 0.25) is 0 Å². The number of rotatable bonds is 29. The molecule has 0 saturated carbocycles.